The van der Waals surface area contributed by atoms with Gasteiger partial charge in [-0.15, -0.1) is 0 Å². The zero-order valence-electron chi connectivity index (χ0n) is 19.0. The molecule has 0 unspecified atom stereocenters. The molecule has 0 radical (unpaired) electrons. The lowest BCUT2D eigenvalue weighted by Gasteiger charge is -2.17. The van der Waals surface area contributed by atoms with Crippen LogP contribution >= 0.6 is 0 Å². The maximum Gasteiger partial charge on any atom is 0.347 e. The molecule has 0 spiro atoms. The van der Waals surface area contributed by atoms with E-state index in [1.54, 1.807) is 0 Å². The monoisotopic (exact) mass is 473 g/mol. The van der Waals surface area contributed by atoms with Crippen molar-refractivity contribution in [2.75, 3.05) is 59.4 Å². The second-order valence-electron chi connectivity index (χ2n) is 7.57. The van der Waals surface area contributed by atoms with Crippen molar-refractivity contribution in [1.82, 2.24) is 0 Å². The summed E-state index contributed by atoms with van der Waals surface area (Å²) in [5.41, 5.74) is 9.59. The van der Waals surface area contributed by atoms with E-state index < -0.39 is 18.0 Å². The van der Waals surface area contributed by atoms with Crippen LogP contribution < -0.4 is 5.73 Å². The van der Waals surface area contributed by atoms with Crippen LogP contribution in [0.4, 0.5) is 0 Å². The average molecular weight is 474 g/mol. The third-order valence-electron chi connectivity index (χ3n) is 5.31. The summed E-state index contributed by atoms with van der Waals surface area (Å²) in [5.74, 6) is -2.50. The van der Waals surface area contributed by atoms with Gasteiger partial charge in [-0.2, -0.15) is 0 Å². The molecular formula is C25H31NO8. The van der Waals surface area contributed by atoms with Crippen LogP contribution in [0, 0.1) is 0 Å². The molecule has 184 valence electrons. The highest BCUT2D eigenvalue weighted by atomic mass is 16.6. The smallest absolute Gasteiger partial charge is 0.347 e. The normalized spacial score (nSPS) is 13.3. The van der Waals surface area contributed by atoms with E-state index >= 15 is 0 Å². The minimum absolute atomic E-state index is 0.0306. The molecule has 0 fully saturated rings. The third kappa shape index (κ3) is 7.09. The Morgan fingerprint density at radius 2 is 1.29 bits per heavy atom. The van der Waals surface area contributed by atoms with Crippen molar-refractivity contribution < 1.29 is 38.4 Å². The van der Waals surface area contributed by atoms with E-state index in [4.69, 9.17) is 29.4 Å². The standard InChI is InChI=1S/C25H31NO8/c26-9-10-30-11-12-31-13-14-32-15-16-33-23(24(27)28)25(29)34-17-22-20-7-3-1-5-18(20)19-6-2-4-8-21(19)22/h1-8,22-23H,9-17,26H2,(H,27,28)/t23-/m1/s1. The summed E-state index contributed by atoms with van der Waals surface area (Å²) in [6, 6.07) is 15.8. The van der Waals surface area contributed by atoms with E-state index in [1.165, 1.54) is 0 Å². The summed E-state index contributed by atoms with van der Waals surface area (Å²) in [5, 5.41) is 9.41. The van der Waals surface area contributed by atoms with Crippen molar-refractivity contribution in [3.63, 3.8) is 0 Å². The number of ether oxygens (including phenoxy) is 5. The molecule has 0 amide bonds. The second-order valence-corrected chi connectivity index (χ2v) is 7.57. The van der Waals surface area contributed by atoms with Gasteiger partial charge in [-0.05, 0) is 22.3 Å². The average Bonchev–Trinajstić information content (AvgIpc) is 3.17. The number of fused-ring (bicyclic) bond motifs is 3. The van der Waals surface area contributed by atoms with Gasteiger partial charge in [-0.3, -0.25) is 0 Å². The number of hydrogen-bond donors (Lipinski definition) is 2. The quantitative estimate of drug-likeness (QED) is 0.213. The number of esters is 1. The van der Waals surface area contributed by atoms with Gasteiger partial charge in [0.2, 0.25) is 0 Å². The van der Waals surface area contributed by atoms with Gasteiger partial charge < -0.3 is 34.5 Å². The summed E-state index contributed by atoms with van der Waals surface area (Å²) >= 11 is 0. The van der Waals surface area contributed by atoms with E-state index in [2.05, 4.69) is 0 Å². The highest BCUT2D eigenvalue weighted by Gasteiger charge is 2.33. The van der Waals surface area contributed by atoms with Gasteiger partial charge in [0.15, 0.2) is 0 Å². The van der Waals surface area contributed by atoms with E-state index in [0.717, 1.165) is 22.3 Å². The number of carbonyl (C=O) groups is 2. The van der Waals surface area contributed by atoms with E-state index in [-0.39, 0.29) is 25.7 Å². The largest absolute Gasteiger partial charge is 0.479 e. The number of benzene rings is 2. The maximum absolute atomic E-state index is 12.5. The van der Waals surface area contributed by atoms with Gasteiger partial charge in [-0.1, -0.05) is 48.5 Å². The van der Waals surface area contributed by atoms with Crippen molar-refractivity contribution in [2.45, 2.75) is 12.0 Å². The molecule has 34 heavy (non-hydrogen) atoms. The highest BCUT2D eigenvalue weighted by molar-refractivity contribution is 5.97. The van der Waals surface area contributed by atoms with Crippen LogP contribution in [0.2, 0.25) is 0 Å². The lowest BCUT2D eigenvalue weighted by molar-refractivity contribution is -0.171. The van der Waals surface area contributed by atoms with Gasteiger partial charge in [0.1, 0.15) is 6.61 Å². The first-order chi connectivity index (χ1) is 16.6. The SMILES string of the molecule is NCCOCCOCCOCCO[C@H](C(=O)O)C(=O)OCC1c2ccccc2-c2ccccc21. The topological polar surface area (TPSA) is 127 Å². The Kier molecular flexibility index (Phi) is 10.5. The summed E-state index contributed by atoms with van der Waals surface area (Å²) in [7, 11) is 0. The molecule has 2 aromatic rings. The summed E-state index contributed by atoms with van der Waals surface area (Å²) in [4.78, 5) is 24.0. The highest BCUT2D eigenvalue weighted by Crippen LogP contribution is 2.44. The molecule has 0 aliphatic heterocycles. The molecule has 0 bridgehead atoms. The lowest BCUT2D eigenvalue weighted by Crippen LogP contribution is -2.36. The Hall–Kier alpha value is -2.82. The van der Waals surface area contributed by atoms with Crippen LogP contribution in [0.3, 0.4) is 0 Å². The number of carboxylic acid groups (broad SMARTS) is 1. The Balaban J connectivity index is 1.40. The van der Waals surface area contributed by atoms with Crippen LogP contribution in [0.15, 0.2) is 48.5 Å². The number of hydrogen-bond acceptors (Lipinski definition) is 8. The zero-order chi connectivity index (χ0) is 24.2. The molecule has 1 atom stereocenters. The molecule has 0 saturated carbocycles. The molecule has 0 heterocycles. The van der Waals surface area contributed by atoms with Crippen LogP contribution in [0.25, 0.3) is 11.1 Å². The number of carbonyl (C=O) groups excluding carboxylic acids is 1. The van der Waals surface area contributed by atoms with Gasteiger partial charge in [0, 0.05) is 12.5 Å². The number of carboxylic acids is 1. The van der Waals surface area contributed by atoms with E-state index in [1.807, 2.05) is 48.5 Å². The molecule has 2 aromatic carbocycles. The fourth-order valence-electron chi connectivity index (χ4n) is 3.77. The summed E-state index contributed by atoms with van der Waals surface area (Å²) < 4.78 is 26.4. The number of rotatable bonds is 16. The first-order valence-electron chi connectivity index (χ1n) is 11.3. The van der Waals surface area contributed by atoms with Crippen LogP contribution in [0.1, 0.15) is 17.0 Å². The Morgan fingerprint density at radius 3 is 1.82 bits per heavy atom. The number of aliphatic carboxylic acids is 1. The van der Waals surface area contributed by atoms with Crippen molar-refractivity contribution in [1.29, 1.82) is 0 Å². The number of nitrogens with two attached hydrogens (primary N) is 1. The van der Waals surface area contributed by atoms with Gasteiger partial charge in [0.25, 0.3) is 6.10 Å². The minimum Gasteiger partial charge on any atom is -0.479 e. The Morgan fingerprint density at radius 1 is 0.794 bits per heavy atom. The Bertz CT molecular complexity index is 889. The van der Waals surface area contributed by atoms with E-state index in [0.29, 0.717) is 39.6 Å². The molecule has 9 nitrogen and oxygen atoms in total. The van der Waals surface area contributed by atoms with Crippen molar-refractivity contribution >= 4 is 11.9 Å². The van der Waals surface area contributed by atoms with Gasteiger partial charge >= 0.3 is 11.9 Å². The predicted molar refractivity (Wildman–Crippen MR) is 124 cm³/mol. The van der Waals surface area contributed by atoms with Crippen LogP contribution in [-0.4, -0.2) is 82.5 Å². The third-order valence-corrected chi connectivity index (χ3v) is 5.31. The van der Waals surface area contributed by atoms with Gasteiger partial charge in [0.05, 0.1) is 46.2 Å². The lowest BCUT2D eigenvalue weighted by atomic mass is 9.98. The fourth-order valence-corrected chi connectivity index (χ4v) is 3.77. The molecule has 0 saturated heterocycles. The van der Waals surface area contributed by atoms with E-state index in [9.17, 15) is 14.7 Å². The van der Waals surface area contributed by atoms with Crippen LogP contribution in [0.5, 0.6) is 0 Å². The van der Waals surface area contributed by atoms with Crippen molar-refractivity contribution in [2.24, 2.45) is 5.73 Å². The second kappa shape index (κ2) is 13.8. The molecule has 9 heteroatoms. The molecule has 3 rings (SSSR count). The first kappa shape index (κ1) is 25.8. The minimum atomic E-state index is -1.72. The molecule has 1 aliphatic carbocycles. The van der Waals surface area contributed by atoms with Crippen molar-refractivity contribution in [3.05, 3.63) is 59.7 Å². The zero-order valence-corrected chi connectivity index (χ0v) is 19.0. The first-order valence-corrected chi connectivity index (χ1v) is 11.3. The maximum atomic E-state index is 12.5. The van der Waals surface area contributed by atoms with Crippen molar-refractivity contribution in [3.8, 4) is 11.1 Å². The van der Waals surface area contributed by atoms with Crippen LogP contribution in [-0.2, 0) is 33.3 Å². The summed E-state index contributed by atoms with van der Waals surface area (Å²) in [6.45, 7) is 2.60. The molecule has 0 aromatic heterocycles. The summed E-state index contributed by atoms with van der Waals surface area (Å²) in [6.07, 6.45) is -1.72. The molecular weight excluding hydrogens is 442 g/mol. The van der Waals surface area contributed by atoms with Gasteiger partial charge in [-0.25, -0.2) is 9.59 Å². The Labute approximate surface area is 198 Å². The molecule has 3 N–H and O–H groups in total. The molecule has 1 aliphatic rings. The fraction of sp³-hybridized carbons (Fsp3) is 0.440. The predicted octanol–water partition coefficient (Wildman–Crippen LogP) is 1.82.